The molecule has 0 saturated carbocycles. The van der Waals surface area contributed by atoms with Crippen molar-refractivity contribution in [1.29, 1.82) is 0 Å². The molecule has 2 aromatic carbocycles. The van der Waals surface area contributed by atoms with Gasteiger partial charge in [-0.05, 0) is 43.2 Å². The molecule has 0 spiro atoms. The number of hydrogen-bond donors (Lipinski definition) is 2. The van der Waals surface area contributed by atoms with Crippen LogP contribution >= 0.6 is 11.3 Å². The van der Waals surface area contributed by atoms with E-state index >= 15 is 0 Å². The Bertz CT molecular complexity index is 922. The number of carbonyl (C=O) groups is 2. The van der Waals surface area contributed by atoms with Crippen LogP contribution in [0.1, 0.15) is 24.8 Å². The van der Waals surface area contributed by atoms with Crippen molar-refractivity contribution in [3.8, 4) is 0 Å². The highest BCUT2D eigenvalue weighted by atomic mass is 32.1. The van der Waals surface area contributed by atoms with E-state index in [4.69, 9.17) is 0 Å². The van der Waals surface area contributed by atoms with Crippen LogP contribution in [0.5, 0.6) is 0 Å². The van der Waals surface area contributed by atoms with E-state index in [2.05, 4.69) is 15.6 Å². The largest absolute Gasteiger partial charge is 0.326 e. The topological polar surface area (TPSA) is 71.1 Å². The summed E-state index contributed by atoms with van der Waals surface area (Å²) < 4.78 is 14.8. The van der Waals surface area contributed by atoms with Gasteiger partial charge in [-0.2, -0.15) is 0 Å². The molecule has 1 heterocycles. The summed E-state index contributed by atoms with van der Waals surface area (Å²) in [7, 11) is 0. The minimum Gasteiger partial charge on any atom is -0.326 e. The Hall–Kier alpha value is -2.80. The van der Waals surface area contributed by atoms with Crippen molar-refractivity contribution in [3.63, 3.8) is 0 Å². The zero-order valence-corrected chi connectivity index (χ0v) is 15.0. The van der Waals surface area contributed by atoms with Crippen LogP contribution in [0.2, 0.25) is 0 Å². The molecule has 0 radical (unpaired) electrons. The van der Waals surface area contributed by atoms with Crippen LogP contribution < -0.4 is 10.6 Å². The fraction of sp³-hybridized carbons (Fsp3) is 0.211. The summed E-state index contributed by atoms with van der Waals surface area (Å²) >= 11 is 1.64. The monoisotopic (exact) mass is 371 g/mol. The van der Waals surface area contributed by atoms with E-state index in [0.29, 0.717) is 18.5 Å². The second kappa shape index (κ2) is 8.05. The lowest BCUT2D eigenvalue weighted by Crippen LogP contribution is -2.13. The highest BCUT2D eigenvalue weighted by molar-refractivity contribution is 7.18. The number of rotatable bonds is 6. The molecular formula is C19H18FN3O2S. The summed E-state index contributed by atoms with van der Waals surface area (Å²) in [5.41, 5.74) is 1.47. The van der Waals surface area contributed by atoms with Crippen molar-refractivity contribution in [2.45, 2.75) is 26.2 Å². The molecule has 7 heteroatoms. The SMILES string of the molecule is CC(=O)Nc1cc(NC(=O)CCCc2nc3ccccc3s2)ccc1F. The van der Waals surface area contributed by atoms with Gasteiger partial charge in [0.25, 0.3) is 0 Å². The van der Waals surface area contributed by atoms with Gasteiger partial charge >= 0.3 is 0 Å². The predicted molar refractivity (Wildman–Crippen MR) is 102 cm³/mol. The standard InChI is InChI=1S/C19H18FN3O2S/c1-12(24)21-16-11-13(9-10-14(16)20)22-18(25)7-4-8-19-23-15-5-2-3-6-17(15)26-19/h2-3,5-6,9-11H,4,7-8H2,1H3,(H,21,24)(H,22,25). The van der Waals surface area contributed by atoms with Gasteiger partial charge < -0.3 is 10.6 Å². The maximum atomic E-state index is 13.6. The van der Waals surface area contributed by atoms with Crippen LogP contribution in [0.4, 0.5) is 15.8 Å². The lowest BCUT2D eigenvalue weighted by atomic mass is 10.2. The Morgan fingerprint density at radius 1 is 1.15 bits per heavy atom. The summed E-state index contributed by atoms with van der Waals surface area (Å²) in [6.07, 6.45) is 1.74. The Morgan fingerprint density at radius 2 is 1.96 bits per heavy atom. The molecule has 0 aliphatic rings. The summed E-state index contributed by atoms with van der Waals surface area (Å²) in [5.74, 6) is -1.08. The van der Waals surface area contributed by atoms with Crippen molar-refractivity contribution in [3.05, 3.63) is 53.3 Å². The molecule has 2 N–H and O–H groups in total. The number of benzene rings is 2. The van der Waals surface area contributed by atoms with Crippen LogP contribution in [0.15, 0.2) is 42.5 Å². The number of amides is 2. The molecule has 5 nitrogen and oxygen atoms in total. The molecule has 0 aliphatic heterocycles. The summed E-state index contributed by atoms with van der Waals surface area (Å²) in [6.45, 7) is 1.30. The second-order valence-corrected chi connectivity index (χ2v) is 6.97. The summed E-state index contributed by atoms with van der Waals surface area (Å²) in [6, 6.07) is 12.0. The molecule has 0 bridgehead atoms. The number of aryl methyl sites for hydroxylation is 1. The summed E-state index contributed by atoms with van der Waals surface area (Å²) in [5, 5.41) is 6.12. The molecule has 0 aliphatic carbocycles. The van der Waals surface area contributed by atoms with Gasteiger partial charge in [-0.1, -0.05) is 12.1 Å². The number of hydrogen-bond acceptors (Lipinski definition) is 4. The lowest BCUT2D eigenvalue weighted by Gasteiger charge is -2.08. The smallest absolute Gasteiger partial charge is 0.224 e. The molecule has 3 aromatic rings. The third kappa shape index (κ3) is 4.64. The first-order valence-corrected chi connectivity index (χ1v) is 9.04. The number of para-hydroxylation sites is 1. The van der Waals surface area contributed by atoms with E-state index < -0.39 is 5.82 Å². The summed E-state index contributed by atoms with van der Waals surface area (Å²) in [4.78, 5) is 27.7. The number of nitrogens with one attached hydrogen (secondary N) is 2. The van der Waals surface area contributed by atoms with Crippen LogP contribution in [-0.4, -0.2) is 16.8 Å². The normalized spacial score (nSPS) is 10.7. The molecule has 2 amide bonds. The van der Waals surface area contributed by atoms with Crippen LogP contribution in [0, 0.1) is 5.82 Å². The van der Waals surface area contributed by atoms with Gasteiger partial charge in [0.05, 0.1) is 20.9 Å². The van der Waals surface area contributed by atoms with Crippen LogP contribution in [0.3, 0.4) is 0 Å². The average Bonchev–Trinajstić information content (AvgIpc) is 3.00. The van der Waals surface area contributed by atoms with Crippen LogP contribution in [0.25, 0.3) is 10.2 Å². The van der Waals surface area contributed by atoms with Gasteiger partial charge in [0.2, 0.25) is 11.8 Å². The molecule has 0 atom stereocenters. The zero-order chi connectivity index (χ0) is 18.5. The number of thiazole rings is 1. The Balaban J connectivity index is 1.53. The molecule has 0 unspecified atom stereocenters. The third-order valence-corrected chi connectivity index (χ3v) is 4.79. The van der Waals surface area contributed by atoms with Crippen molar-refractivity contribution < 1.29 is 14.0 Å². The van der Waals surface area contributed by atoms with Crippen molar-refractivity contribution in [1.82, 2.24) is 4.98 Å². The number of anilines is 2. The number of aromatic nitrogens is 1. The molecule has 3 rings (SSSR count). The third-order valence-electron chi connectivity index (χ3n) is 3.69. The fourth-order valence-electron chi connectivity index (χ4n) is 2.54. The van der Waals surface area contributed by atoms with E-state index in [1.54, 1.807) is 11.3 Å². The lowest BCUT2D eigenvalue weighted by molar-refractivity contribution is -0.116. The molecule has 1 aromatic heterocycles. The highest BCUT2D eigenvalue weighted by Crippen LogP contribution is 2.23. The van der Waals surface area contributed by atoms with Gasteiger partial charge in [-0.15, -0.1) is 11.3 Å². The van der Waals surface area contributed by atoms with Gasteiger partial charge in [0.15, 0.2) is 0 Å². The number of fused-ring (bicyclic) bond motifs is 1. The minimum absolute atomic E-state index is 0.0461. The van der Waals surface area contributed by atoms with E-state index in [-0.39, 0.29) is 17.5 Å². The van der Waals surface area contributed by atoms with E-state index in [1.165, 1.54) is 25.1 Å². The van der Waals surface area contributed by atoms with E-state index in [9.17, 15) is 14.0 Å². The fourth-order valence-corrected chi connectivity index (χ4v) is 3.55. The van der Waals surface area contributed by atoms with E-state index in [1.807, 2.05) is 24.3 Å². The number of nitrogens with zero attached hydrogens (tertiary/aromatic N) is 1. The molecule has 134 valence electrons. The average molecular weight is 371 g/mol. The van der Waals surface area contributed by atoms with Gasteiger partial charge in [0, 0.05) is 19.0 Å². The Morgan fingerprint density at radius 3 is 2.73 bits per heavy atom. The van der Waals surface area contributed by atoms with Crippen molar-refractivity contribution >= 4 is 44.7 Å². The minimum atomic E-state index is -0.547. The molecule has 26 heavy (non-hydrogen) atoms. The van der Waals surface area contributed by atoms with Crippen molar-refractivity contribution in [2.75, 3.05) is 10.6 Å². The molecular weight excluding hydrogens is 353 g/mol. The number of carbonyl (C=O) groups excluding carboxylic acids is 2. The first-order chi connectivity index (χ1) is 12.5. The first kappa shape index (κ1) is 18.0. The zero-order valence-electron chi connectivity index (χ0n) is 14.2. The maximum Gasteiger partial charge on any atom is 0.224 e. The molecule has 0 fully saturated rings. The number of halogens is 1. The van der Waals surface area contributed by atoms with E-state index in [0.717, 1.165) is 21.6 Å². The van der Waals surface area contributed by atoms with Gasteiger partial charge in [0.1, 0.15) is 5.82 Å². The van der Waals surface area contributed by atoms with Gasteiger partial charge in [-0.25, -0.2) is 9.37 Å². The predicted octanol–water partition coefficient (Wildman–Crippen LogP) is 4.36. The Kier molecular flexibility index (Phi) is 5.58. The first-order valence-electron chi connectivity index (χ1n) is 8.23. The van der Waals surface area contributed by atoms with Crippen molar-refractivity contribution in [2.24, 2.45) is 0 Å². The molecule has 0 saturated heterocycles. The maximum absolute atomic E-state index is 13.6. The quantitative estimate of drug-likeness (QED) is 0.676. The Labute approximate surface area is 154 Å². The van der Waals surface area contributed by atoms with Gasteiger partial charge in [-0.3, -0.25) is 9.59 Å². The second-order valence-electron chi connectivity index (χ2n) is 5.85. The van der Waals surface area contributed by atoms with Crippen LogP contribution in [-0.2, 0) is 16.0 Å². The highest BCUT2D eigenvalue weighted by Gasteiger charge is 2.09.